The number of hydrogen-bond acceptors (Lipinski definition) is 2. The molecule has 0 aliphatic heterocycles. The fourth-order valence-electron chi connectivity index (χ4n) is 2.68. The predicted octanol–water partition coefficient (Wildman–Crippen LogP) is 4.74. The van der Waals surface area contributed by atoms with Crippen LogP contribution in [0, 0.1) is 0 Å². The van der Waals surface area contributed by atoms with E-state index in [2.05, 4.69) is 36.4 Å². The van der Waals surface area contributed by atoms with Gasteiger partial charge >= 0.3 is 0 Å². The van der Waals surface area contributed by atoms with Crippen LogP contribution in [0.1, 0.15) is 70.3 Å². The molecule has 0 saturated carbocycles. The first-order valence-electron chi connectivity index (χ1n) is 8.43. The van der Waals surface area contributed by atoms with E-state index in [1.807, 2.05) is 12.4 Å². The Bertz CT molecular complexity index is 310. The van der Waals surface area contributed by atoms with Crippen molar-refractivity contribution in [1.29, 1.82) is 0 Å². The van der Waals surface area contributed by atoms with E-state index in [0.29, 0.717) is 6.04 Å². The van der Waals surface area contributed by atoms with Crippen molar-refractivity contribution in [3.05, 3.63) is 30.1 Å². The third-order valence-corrected chi connectivity index (χ3v) is 4.05. The highest BCUT2D eigenvalue weighted by molar-refractivity contribution is 5.11. The SMILES string of the molecule is CCCCCCCCCCC(Cc1ccncc1)NC. The van der Waals surface area contributed by atoms with Gasteiger partial charge in [-0.2, -0.15) is 0 Å². The molecule has 0 aromatic carbocycles. The minimum Gasteiger partial charge on any atom is -0.317 e. The number of nitrogens with zero attached hydrogens (tertiary/aromatic N) is 1. The van der Waals surface area contributed by atoms with Crippen molar-refractivity contribution in [2.24, 2.45) is 0 Å². The van der Waals surface area contributed by atoms with Gasteiger partial charge in [-0.15, -0.1) is 0 Å². The third kappa shape index (κ3) is 8.31. The summed E-state index contributed by atoms with van der Waals surface area (Å²) >= 11 is 0. The van der Waals surface area contributed by atoms with Crippen LogP contribution >= 0.6 is 0 Å². The van der Waals surface area contributed by atoms with Crippen LogP contribution in [0.4, 0.5) is 0 Å². The molecule has 1 heterocycles. The van der Waals surface area contributed by atoms with E-state index >= 15 is 0 Å². The van der Waals surface area contributed by atoms with Crippen molar-refractivity contribution in [1.82, 2.24) is 10.3 Å². The molecule has 0 aliphatic rings. The minimum absolute atomic E-state index is 0.609. The molecule has 0 bridgehead atoms. The van der Waals surface area contributed by atoms with E-state index in [9.17, 15) is 0 Å². The highest BCUT2D eigenvalue weighted by atomic mass is 14.9. The Morgan fingerprint density at radius 2 is 1.55 bits per heavy atom. The van der Waals surface area contributed by atoms with Crippen molar-refractivity contribution in [3.63, 3.8) is 0 Å². The second-order valence-electron chi connectivity index (χ2n) is 5.81. The summed E-state index contributed by atoms with van der Waals surface area (Å²) in [5, 5.41) is 3.45. The van der Waals surface area contributed by atoms with Gasteiger partial charge in [0.15, 0.2) is 0 Å². The molecule has 0 fully saturated rings. The molecule has 1 unspecified atom stereocenters. The zero-order chi connectivity index (χ0) is 14.5. The first-order chi connectivity index (χ1) is 9.86. The van der Waals surface area contributed by atoms with Gasteiger partial charge < -0.3 is 5.32 Å². The topological polar surface area (TPSA) is 24.9 Å². The monoisotopic (exact) mass is 276 g/mol. The van der Waals surface area contributed by atoms with Gasteiger partial charge in [-0.05, 0) is 37.6 Å². The number of hydrogen-bond donors (Lipinski definition) is 1. The largest absolute Gasteiger partial charge is 0.317 e. The summed E-state index contributed by atoms with van der Waals surface area (Å²) in [6.45, 7) is 2.28. The third-order valence-electron chi connectivity index (χ3n) is 4.05. The van der Waals surface area contributed by atoms with Crippen LogP contribution in [0.5, 0.6) is 0 Å². The van der Waals surface area contributed by atoms with Crippen molar-refractivity contribution in [3.8, 4) is 0 Å². The van der Waals surface area contributed by atoms with Gasteiger partial charge in [0.05, 0.1) is 0 Å². The van der Waals surface area contributed by atoms with Crippen LogP contribution in [-0.2, 0) is 6.42 Å². The lowest BCUT2D eigenvalue weighted by Gasteiger charge is -2.16. The fourth-order valence-corrected chi connectivity index (χ4v) is 2.68. The molecule has 114 valence electrons. The predicted molar refractivity (Wildman–Crippen MR) is 88.0 cm³/mol. The number of pyridine rings is 1. The molecule has 20 heavy (non-hydrogen) atoms. The lowest BCUT2D eigenvalue weighted by Crippen LogP contribution is -2.27. The Morgan fingerprint density at radius 1 is 0.950 bits per heavy atom. The Hall–Kier alpha value is -0.890. The quantitative estimate of drug-likeness (QED) is 0.558. The maximum Gasteiger partial charge on any atom is 0.0270 e. The number of aromatic nitrogens is 1. The second-order valence-corrected chi connectivity index (χ2v) is 5.81. The summed E-state index contributed by atoms with van der Waals surface area (Å²) in [6.07, 6.45) is 17.4. The fraction of sp³-hybridized carbons (Fsp3) is 0.722. The van der Waals surface area contributed by atoms with Crippen LogP contribution in [0.25, 0.3) is 0 Å². The van der Waals surface area contributed by atoms with Gasteiger partial charge in [-0.1, -0.05) is 58.3 Å². The van der Waals surface area contributed by atoms with Crippen molar-refractivity contribution < 1.29 is 0 Å². The molecule has 0 amide bonds. The average Bonchev–Trinajstić information content (AvgIpc) is 2.49. The molecule has 1 N–H and O–H groups in total. The Balaban J connectivity index is 2.04. The molecular weight excluding hydrogens is 244 g/mol. The van der Waals surface area contributed by atoms with Crippen LogP contribution in [0.3, 0.4) is 0 Å². The molecule has 2 nitrogen and oxygen atoms in total. The highest BCUT2D eigenvalue weighted by Gasteiger charge is 2.06. The molecule has 0 saturated heterocycles. The smallest absolute Gasteiger partial charge is 0.0270 e. The standard InChI is InChI=1S/C18H32N2/c1-3-4-5-6-7-8-9-10-11-18(19-2)16-17-12-14-20-15-13-17/h12-15,18-19H,3-11,16H2,1-2H3. The summed E-state index contributed by atoms with van der Waals surface area (Å²) in [7, 11) is 2.08. The lowest BCUT2D eigenvalue weighted by atomic mass is 10.00. The normalized spacial score (nSPS) is 12.5. The number of likely N-dealkylation sites (N-methyl/N-ethyl adjacent to an activating group) is 1. The number of nitrogens with one attached hydrogen (secondary N) is 1. The van der Waals surface area contributed by atoms with Gasteiger partial charge in [0.2, 0.25) is 0 Å². The van der Waals surface area contributed by atoms with Crippen LogP contribution in [0.2, 0.25) is 0 Å². The first-order valence-corrected chi connectivity index (χ1v) is 8.43. The maximum absolute atomic E-state index is 4.08. The Kier molecular flexibility index (Phi) is 10.2. The summed E-state index contributed by atoms with van der Waals surface area (Å²) in [5.74, 6) is 0. The van der Waals surface area contributed by atoms with E-state index in [0.717, 1.165) is 6.42 Å². The molecular formula is C18H32N2. The Labute approximate surface area is 125 Å². The van der Waals surface area contributed by atoms with Crippen LogP contribution < -0.4 is 5.32 Å². The van der Waals surface area contributed by atoms with Gasteiger partial charge in [0.1, 0.15) is 0 Å². The van der Waals surface area contributed by atoms with Crippen molar-refractivity contribution >= 4 is 0 Å². The number of rotatable bonds is 12. The zero-order valence-electron chi connectivity index (χ0n) is 13.4. The second kappa shape index (κ2) is 11.9. The molecule has 0 spiro atoms. The lowest BCUT2D eigenvalue weighted by molar-refractivity contribution is 0.477. The van der Waals surface area contributed by atoms with E-state index < -0.39 is 0 Å². The average molecular weight is 276 g/mol. The molecule has 1 aromatic rings. The maximum atomic E-state index is 4.08. The van der Waals surface area contributed by atoms with Crippen molar-refractivity contribution in [2.75, 3.05) is 7.05 Å². The van der Waals surface area contributed by atoms with E-state index in [-0.39, 0.29) is 0 Å². The van der Waals surface area contributed by atoms with E-state index in [4.69, 9.17) is 0 Å². The molecule has 1 aromatic heterocycles. The molecule has 0 radical (unpaired) electrons. The van der Waals surface area contributed by atoms with Crippen LogP contribution in [-0.4, -0.2) is 18.1 Å². The molecule has 0 aliphatic carbocycles. The van der Waals surface area contributed by atoms with Gasteiger partial charge in [0.25, 0.3) is 0 Å². The minimum atomic E-state index is 0.609. The van der Waals surface area contributed by atoms with Crippen LogP contribution in [0.15, 0.2) is 24.5 Å². The summed E-state index contributed by atoms with van der Waals surface area (Å²) in [5.41, 5.74) is 1.39. The summed E-state index contributed by atoms with van der Waals surface area (Å²) in [4.78, 5) is 4.08. The highest BCUT2D eigenvalue weighted by Crippen LogP contribution is 2.12. The Morgan fingerprint density at radius 3 is 2.15 bits per heavy atom. The molecule has 1 rings (SSSR count). The van der Waals surface area contributed by atoms with Crippen molar-refractivity contribution in [2.45, 2.75) is 77.2 Å². The molecule has 1 atom stereocenters. The summed E-state index contributed by atoms with van der Waals surface area (Å²) in [6, 6.07) is 4.85. The zero-order valence-corrected chi connectivity index (χ0v) is 13.4. The first kappa shape index (κ1) is 17.2. The van der Waals surface area contributed by atoms with E-state index in [1.54, 1.807) is 0 Å². The van der Waals surface area contributed by atoms with Gasteiger partial charge in [-0.3, -0.25) is 4.98 Å². The molecule has 2 heteroatoms. The van der Waals surface area contributed by atoms with Gasteiger partial charge in [-0.25, -0.2) is 0 Å². The summed E-state index contributed by atoms with van der Waals surface area (Å²) < 4.78 is 0. The van der Waals surface area contributed by atoms with Gasteiger partial charge in [0, 0.05) is 18.4 Å². The van der Waals surface area contributed by atoms with E-state index in [1.165, 1.54) is 63.4 Å². The number of unbranched alkanes of at least 4 members (excludes halogenated alkanes) is 7.